The third-order valence-electron chi connectivity index (χ3n) is 20.1. The Balaban J connectivity index is 0.000000128. The van der Waals surface area contributed by atoms with E-state index >= 15 is 0 Å². The lowest BCUT2D eigenvalue weighted by atomic mass is 10.1. The maximum Gasteiger partial charge on any atom is 0.243 e. The second-order valence-corrected chi connectivity index (χ2v) is 37.6. The topological polar surface area (TPSA) is 142 Å². The summed E-state index contributed by atoms with van der Waals surface area (Å²) in [5.74, 6) is 0. The highest BCUT2D eigenvalue weighted by atomic mass is 28.3. The summed E-state index contributed by atoms with van der Waals surface area (Å²) >= 11 is 0. The fourth-order valence-corrected chi connectivity index (χ4v) is 27.8. The molecule has 111 heavy (non-hydrogen) atoms. The van der Waals surface area contributed by atoms with E-state index in [4.69, 9.17) is 29.9 Å². The predicted octanol–water partition coefficient (Wildman–Crippen LogP) is 12.5. The second-order valence-electron chi connectivity index (χ2n) is 26.5. The molecule has 528 valence electrons. The number of hydrogen-bond donors (Lipinski definition) is 0. The Morgan fingerprint density at radius 2 is 0.360 bits per heavy atom. The van der Waals surface area contributed by atoms with Gasteiger partial charge in [0, 0.05) is 151 Å². The molecule has 0 fully saturated rings. The van der Waals surface area contributed by atoms with Crippen LogP contribution in [-0.2, 0) is 0 Å². The molecule has 11 nitrogen and oxygen atoms in total. The van der Waals surface area contributed by atoms with E-state index in [2.05, 4.69) is 304 Å². The molecular formula is C97H73N11Si3. The first kappa shape index (κ1) is 71.1. The summed E-state index contributed by atoms with van der Waals surface area (Å²) in [4.78, 5) is 52.9. The van der Waals surface area contributed by atoms with Gasteiger partial charge in [-0.2, -0.15) is 0 Å². The van der Waals surface area contributed by atoms with Crippen LogP contribution >= 0.6 is 0 Å². The van der Waals surface area contributed by atoms with E-state index in [1.807, 2.05) is 141 Å². The summed E-state index contributed by atoms with van der Waals surface area (Å²) in [5, 5.41) is 13.7. The first-order valence-corrected chi connectivity index (χ1v) is 42.8. The van der Waals surface area contributed by atoms with Gasteiger partial charge in [-0.05, 0) is 145 Å². The zero-order valence-corrected chi connectivity index (χ0v) is 63.6. The number of aromatic nitrogens is 11. The molecule has 11 aromatic heterocycles. The summed E-state index contributed by atoms with van der Waals surface area (Å²) in [5.41, 5.74) is 12.0. The van der Waals surface area contributed by atoms with Crippen LogP contribution in [0.5, 0.6) is 0 Å². The Kier molecular flexibility index (Phi) is 21.6. The Labute approximate surface area is 649 Å². The first-order chi connectivity index (χ1) is 55.1. The summed E-state index contributed by atoms with van der Waals surface area (Å²) in [6.45, 7) is 0. The SMILES string of the molecule is c1ccc(-c2ccc([Si](c3ccccc3)(c3ccccc3)c3ccccc3)nc2)cc1.c1ccc([Si](c2ccc(-c3cccnc3)cn2)(c2ccc(-c3ccccn3)cn2)c2ccc(-c3ccccn3)cn2)cc1.c1ccc([Si](c2ccccc2)(c2ccc(-c3cccnc3)cn2)c2ccc(-c3ccccn3)cn2)cc1. The van der Waals surface area contributed by atoms with Gasteiger partial charge in [-0.1, -0.05) is 261 Å². The molecule has 0 radical (unpaired) electrons. The third kappa shape index (κ3) is 14.9. The van der Waals surface area contributed by atoms with Crippen LogP contribution in [0.1, 0.15) is 0 Å². The molecule has 0 saturated heterocycles. The van der Waals surface area contributed by atoms with Crippen molar-refractivity contribution in [3.05, 3.63) is 445 Å². The van der Waals surface area contributed by atoms with Crippen LogP contribution in [0, 0.1) is 0 Å². The van der Waals surface area contributed by atoms with Gasteiger partial charge in [-0.25, -0.2) is 0 Å². The van der Waals surface area contributed by atoms with Gasteiger partial charge in [-0.3, -0.25) is 54.8 Å². The molecule has 0 bridgehead atoms. The maximum atomic E-state index is 5.15. The minimum atomic E-state index is -3.06. The predicted molar refractivity (Wildman–Crippen MR) is 459 cm³/mol. The molecule has 0 N–H and O–H groups in total. The van der Waals surface area contributed by atoms with Crippen LogP contribution < -0.4 is 63.0 Å². The summed E-state index contributed by atoms with van der Waals surface area (Å²) in [7, 11) is -8.40. The quantitative estimate of drug-likeness (QED) is 0.0598. The summed E-state index contributed by atoms with van der Waals surface area (Å²) < 4.78 is 0. The van der Waals surface area contributed by atoms with Crippen LogP contribution in [0.15, 0.2) is 445 Å². The van der Waals surface area contributed by atoms with E-state index < -0.39 is 24.2 Å². The van der Waals surface area contributed by atoms with Crippen LogP contribution in [0.4, 0.5) is 0 Å². The number of pyridine rings is 11. The van der Waals surface area contributed by atoms with Gasteiger partial charge >= 0.3 is 0 Å². The van der Waals surface area contributed by atoms with Crippen molar-refractivity contribution in [2.24, 2.45) is 0 Å². The number of hydrogen-bond acceptors (Lipinski definition) is 11. The van der Waals surface area contributed by atoms with Crippen molar-refractivity contribution in [3.8, 4) is 67.2 Å². The van der Waals surface area contributed by atoms with Crippen LogP contribution in [0.25, 0.3) is 67.2 Å². The monoisotopic (exact) mass is 1480 g/mol. The highest BCUT2D eigenvalue weighted by molar-refractivity contribution is 7.20. The highest BCUT2D eigenvalue weighted by Crippen LogP contribution is 2.24. The molecule has 0 aliphatic carbocycles. The van der Waals surface area contributed by atoms with Gasteiger partial charge in [0.15, 0.2) is 0 Å². The zero-order chi connectivity index (χ0) is 74.8. The molecule has 14 heteroatoms. The Bertz CT molecular complexity index is 5480. The van der Waals surface area contributed by atoms with E-state index in [9.17, 15) is 0 Å². The van der Waals surface area contributed by atoms with Gasteiger partial charge in [0.25, 0.3) is 0 Å². The van der Waals surface area contributed by atoms with E-state index in [1.165, 1.54) is 31.5 Å². The van der Waals surface area contributed by atoms with Crippen LogP contribution in [-0.4, -0.2) is 79.0 Å². The van der Waals surface area contributed by atoms with Crippen molar-refractivity contribution < 1.29 is 0 Å². The average molecular weight is 1480 g/mol. The molecule has 0 unspecified atom stereocenters. The lowest BCUT2D eigenvalue weighted by Crippen LogP contribution is -2.76. The average Bonchev–Trinajstić information content (AvgIpc) is 0.744. The molecule has 18 aromatic rings. The maximum absolute atomic E-state index is 5.15. The second kappa shape index (κ2) is 33.7. The lowest BCUT2D eigenvalue weighted by Gasteiger charge is -2.33. The van der Waals surface area contributed by atoms with Gasteiger partial charge in [0.1, 0.15) is 0 Å². The van der Waals surface area contributed by atoms with Gasteiger partial charge in [0.2, 0.25) is 24.2 Å². The Morgan fingerprint density at radius 3 is 0.622 bits per heavy atom. The normalized spacial score (nSPS) is 11.2. The van der Waals surface area contributed by atoms with Crippen molar-refractivity contribution in [2.45, 2.75) is 0 Å². The standard InChI is InChI=1S/C36H26N6Si.C32H24N4Si.C29H23NSi/c1-2-10-31(11-3-1)43(34-17-14-28(24-40-34)27-9-8-20-37-23-27,35-18-15-29(25-41-35)32-12-4-6-21-38-32)36-19-16-30(26-42-36)33-13-5-7-22-39-33;1-3-11-28(12-4-1)37(29-13-5-2-6-14-29,31-18-16-26(23-35-31)25-10-9-20-33-22-25)32-19-17-27(24-36-32)30-15-7-8-21-34-30;1-5-13-24(14-6-1)25-21-22-29(30-23-25)31(26-15-7-2-8-16-26,27-17-9-3-10-18-27)28-19-11-4-12-20-28/h1-26H;1-24H;1-23H. The Hall–Kier alpha value is -14.2. The van der Waals surface area contributed by atoms with Crippen LogP contribution in [0.2, 0.25) is 0 Å². The Morgan fingerprint density at radius 1 is 0.135 bits per heavy atom. The van der Waals surface area contributed by atoms with Crippen molar-refractivity contribution >= 4 is 87.2 Å². The first-order valence-electron chi connectivity index (χ1n) is 36.8. The smallest absolute Gasteiger partial charge is 0.243 e. The molecule has 0 spiro atoms. The van der Waals surface area contributed by atoms with E-state index in [1.54, 1.807) is 24.8 Å². The molecule has 7 aromatic carbocycles. The number of benzene rings is 7. The van der Waals surface area contributed by atoms with Gasteiger partial charge in [-0.15, -0.1) is 0 Å². The van der Waals surface area contributed by atoms with Crippen molar-refractivity contribution in [1.29, 1.82) is 0 Å². The molecule has 0 atom stereocenters. The summed E-state index contributed by atoms with van der Waals surface area (Å²) in [6.07, 6.45) is 24.4. The molecule has 11 heterocycles. The van der Waals surface area contributed by atoms with Crippen molar-refractivity contribution in [2.75, 3.05) is 0 Å². The number of nitrogens with zero attached hydrogens (tertiary/aromatic N) is 11. The number of rotatable bonds is 18. The van der Waals surface area contributed by atoms with Crippen LogP contribution in [0.3, 0.4) is 0 Å². The minimum Gasteiger partial charge on any atom is -0.264 e. The molecule has 0 aliphatic rings. The van der Waals surface area contributed by atoms with E-state index in [-0.39, 0.29) is 0 Å². The van der Waals surface area contributed by atoms with Gasteiger partial charge in [0.05, 0.1) is 17.1 Å². The minimum absolute atomic E-state index is 0.880. The third-order valence-corrected chi connectivity index (χ3v) is 33.7. The van der Waals surface area contributed by atoms with E-state index in [0.717, 1.165) is 98.7 Å². The van der Waals surface area contributed by atoms with Gasteiger partial charge < -0.3 is 0 Å². The molecule has 0 aliphatic heterocycles. The fraction of sp³-hybridized carbons (Fsp3) is 0. The van der Waals surface area contributed by atoms with Crippen molar-refractivity contribution in [1.82, 2.24) is 54.8 Å². The summed E-state index contributed by atoms with van der Waals surface area (Å²) in [6, 6.07) is 127. The molecule has 0 amide bonds. The zero-order valence-electron chi connectivity index (χ0n) is 60.6. The largest absolute Gasteiger partial charge is 0.264 e. The molecular weight excluding hydrogens is 1400 g/mol. The fourth-order valence-electron chi connectivity index (χ4n) is 14.8. The van der Waals surface area contributed by atoms with Crippen molar-refractivity contribution in [3.63, 3.8) is 0 Å². The van der Waals surface area contributed by atoms with E-state index in [0.29, 0.717) is 0 Å². The molecule has 18 rings (SSSR count). The molecule has 0 saturated carbocycles. The highest BCUT2D eigenvalue weighted by Gasteiger charge is 2.48. The lowest BCUT2D eigenvalue weighted by molar-refractivity contribution is 1.28.